The van der Waals surface area contributed by atoms with Gasteiger partial charge in [0.25, 0.3) is 0 Å². The number of carbonyl (C=O) groups excluding carboxylic acids is 4. The Balaban J connectivity index is 1.75. The van der Waals surface area contributed by atoms with E-state index in [1.54, 1.807) is 33.8 Å². The smallest absolute Gasteiger partial charge is 0.335 e. The molecule has 228 valence electrons. The van der Waals surface area contributed by atoms with E-state index in [0.717, 1.165) is 7.11 Å². The van der Waals surface area contributed by atoms with E-state index in [9.17, 15) is 29.4 Å². The number of cyclic esters (lactones) is 1. The van der Waals surface area contributed by atoms with Gasteiger partial charge in [0.1, 0.15) is 12.2 Å². The summed E-state index contributed by atoms with van der Waals surface area (Å²) >= 11 is 0. The normalized spacial score (nSPS) is 38.1. The van der Waals surface area contributed by atoms with Crippen LogP contribution in [0.25, 0.3) is 0 Å². The molecule has 0 radical (unpaired) electrons. The molecule has 42 heavy (non-hydrogen) atoms. The van der Waals surface area contributed by atoms with Crippen molar-refractivity contribution in [1.82, 2.24) is 0 Å². The van der Waals surface area contributed by atoms with E-state index in [1.165, 1.54) is 24.7 Å². The average molecular weight is 585 g/mol. The second kappa shape index (κ2) is 9.91. The Hall–Kier alpha value is -3.24. The largest absolute Gasteiger partial charge is 0.472 e. The molecule has 4 aliphatic rings. The molecule has 2 fully saturated rings. The van der Waals surface area contributed by atoms with Crippen LogP contribution in [0.15, 0.2) is 46.3 Å². The van der Waals surface area contributed by atoms with Crippen LogP contribution < -0.4 is 0 Å². The first-order valence-electron chi connectivity index (χ1n) is 14.5. The van der Waals surface area contributed by atoms with Gasteiger partial charge in [-0.05, 0) is 48.5 Å². The molecule has 2 bridgehead atoms. The van der Waals surface area contributed by atoms with Crippen molar-refractivity contribution in [1.29, 1.82) is 0 Å². The number of ether oxygens (including phenoxy) is 3. The van der Waals surface area contributed by atoms with Crippen LogP contribution in [0, 0.1) is 34.0 Å². The molecule has 0 spiro atoms. The number of esters is 3. The van der Waals surface area contributed by atoms with Gasteiger partial charge in [0.15, 0.2) is 17.5 Å². The molecule has 9 atom stereocenters. The number of hydrogen-bond acceptors (Lipinski definition) is 10. The summed E-state index contributed by atoms with van der Waals surface area (Å²) in [4.78, 5) is 53.6. The van der Waals surface area contributed by atoms with E-state index in [4.69, 9.17) is 18.6 Å². The maximum atomic E-state index is 14.5. The van der Waals surface area contributed by atoms with Gasteiger partial charge in [-0.25, -0.2) is 9.59 Å². The second-order valence-corrected chi connectivity index (χ2v) is 13.4. The van der Waals surface area contributed by atoms with Crippen molar-refractivity contribution < 1.29 is 48.0 Å². The molecule has 5 rings (SSSR count). The lowest BCUT2D eigenvalue weighted by Gasteiger charge is -2.65. The van der Waals surface area contributed by atoms with Crippen molar-refractivity contribution in [2.45, 2.75) is 84.7 Å². The van der Waals surface area contributed by atoms with Gasteiger partial charge in [0.2, 0.25) is 0 Å². The molecule has 10 heteroatoms. The molecule has 1 aliphatic heterocycles. The zero-order valence-corrected chi connectivity index (χ0v) is 25.1. The fourth-order valence-electron chi connectivity index (χ4n) is 8.41. The number of aliphatic hydroxyl groups excluding tert-OH is 1. The molecular formula is C32H40O10. The molecule has 3 aliphatic carbocycles. The van der Waals surface area contributed by atoms with Gasteiger partial charge in [0.05, 0.1) is 25.6 Å². The topological polar surface area (TPSA) is 150 Å². The number of hydrogen-bond donors (Lipinski definition) is 2. The fraction of sp³-hybridized carbons (Fsp3) is 0.625. The monoisotopic (exact) mass is 584 g/mol. The zero-order valence-electron chi connectivity index (χ0n) is 25.1. The standard InChI is InChI=1S/C32H40O10/c1-8-16(2)25(35)42-28-29(3,4)23(22(34)26(36)39-7)31(6)19-9-11-30(5)20(18(19)14-32(28,38)27(31)37)13-21(33)41-24(30)17-10-12-40-15-17/h10,12-16,19,22-24,28,34,38H,8-9,11H2,1-7H3/t16-,19+,22-,23+,24+,28+,30-,31-,32+/m1/s1. The minimum atomic E-state index is -2.30. The SMILES string of the molecule is CC[C@@H](C)C(=O)O[C@H]1C(C)(C)[C@H]([C@@H](O)C(=O)OC)[C@]2(C)C(=O)[C@@]1(O)C=C1C3=CC(=O)O[C@@H](c4ccoc4)[C@]3(C)CC[C@@H]12. The first-order valence-corrected chi connectivity index (χ1v) is 14.5. The van der Waals surface area contributed by atoms with Gasteiger partial charge >= 0.3 is 17.9 Å². The third kappa shape index (κ3) is 3.97. The summed E-state index contributed by atoms with van der Waals surface area (Å²) in [7, 11) is 1.15. The van der Waals surface area contributed by atoms with E-state index < -0.39 is 81.6 Å². The van der Waals surface area contributed by atoms with Crippen LogP contribution in [0.2, 0.25) is 0 Å². The molecular weight excluding hydrogens is 544 g/mol. The van der Waals surface area contributed by atoms with Crippen LogP contribution >= 0.6 is 0 Å². The molecule has 0 unspecified atom stereocenters. The highest BCUT2D eigenvalue weighted by molar-refractivity contribution is 6.00. The molecule has 2 N–H and O–H groups in total. The van der Waals surface area contributed by atoms with E-state index in [2.05, 4.69) is 0 Å². The quantitative estimate of drug-likeness (QED) is 0.375. The number of methoxy groups -OCH3 is 1. The van der Waals surface area contributed by atoms with E-state index >= 15 is 0 Å². The van der Waals surface area contributed by atoms with Crippen molar-refractivity contribution in [3.63, 3.8) is 0 Å². The van der Waals surface area contributed by atoms with Crippen LogP contribution in [0.4, 0.5) is 0 Å². The Morgan fingerprint density at radius 3 is 2.45 bits per heavy atom. The molecule has 0 saturated heterocycles. The Kier molecular flexibility index (Phi) is 7.13. The maximum absolute atomic E-state index is 14.5. The Labute approximate surface area is 245 Å². The zero-order chi connectivity index (χ0) is 31.0. The summed E-state index contributed by atoms with van der Waals surface area (Å²) in [5.41, 5.74) is -3.99. The molecule has 0 aromatic carbocycles. The number of allylic oxidation sites excluding steroid dienone is 1. The number of carbonyl (C=O) groups is 4. The van der Waals surface area contributed by atoms with Crippen LogP contribution in [0.1, 0.15) is 72.5 Å². The number of Topliss-reactive ketones (excluding diaryl/α,β-unsaturated/α-hetero) is 1. The lowest BCUT2D eigenvalue weighted by Crippen LogP contribution is -2.75. The molecule has 2 heterocycles. The Morgan fingerprint density at radius 1 is 1.17 bits per heavy atom. The van der Waals surface area contributed by atoms with Gasteiger partial charge in [-0.3, -0.25) is 9.59 Å². The minimum absolute atomic E-state index is 0.432. The second-order valence-electron chi connectivity index (χ2n) is 13.4. The predicted molar refractivity (Wildman–Crippen MR) is 147 cm³/mol. The van der Waals surface area contributed by atoms with E-state index in [1.807, 2.05) is 13.8 Å². The number of fused-ring (bicyclic) bond motifs is 6. The lowest BCUT2D eigenvalue weighted by atomic mass is 9.40. The lowest BCUT2D eigenvalue weighted by molar-refractivity contribution is -0.234. The summed E-state index contributed by atoms with van der Waals surface area (Å²) in [5.74, 6) is -4.98. The number of furan rings is 1. The number of aliphatic hydroxyl groups is 2. The van der Waals surface area contributed by atoms with Crippen LogP contribution in [0.3, 0.4) is 0 Å². The van der Waals surface area contributed by atoms with Crippen molar-refractivity contribution in [2.24, 2.45) is 34.0 Å². The van der Waals surface area contributed by atoms with Gasteiger partial charge in [-0.2, -0.15) is 0 Å². The van der Waals surface area contributed by atoms with Crippen LogP contribution in [-0.2, 0) is 33.4 Å². The molecule has 1 aromatic heterocycles. The third-order valence-corrected chi connectivity index (χ3v) is 10.7. The first-order chi connectivity index (χ1) is 19.6. The Bertz CT molecular complexity index is 1370. The van der Waals surface area contributed by atoms with Crippen molar-refractivity contribution in [3.05, 3.63) is 47.5 Å². The molecule has 1 aromatic rings. The Morgan fingerprint density at radius 2 is 1.86 bits per heavy atom. The molecule has 0 amide bonds. The van der Waals surface area contributed by atoms with Gasteiger partial charge in [0, 0.05) is 33.8 Å². The minimum Gasteiger partial charge on any atom is -0.472 e. The average Bonchev–Trinajstić information content (AvgIpc) is 3.47. The summed E-state index contributed by atoms with van der Waals surface area (Å²) in [6, 6.07) is 1.73. The van der Waals surface area contributed by atoms with Gasteiger partial charge in [-0.15, -0.1) is 0 Å². The fourth-order valence-corrected chi connectivity index (χ4v) is 8.41. The maximum Gasteiger partial charge on any atom is 0.335 e. The molecule has 10 nitrogen and oxygen atoms in total. The van der Waals surface area contributed by atoms with E-state index in [-0.39, 0.29) is 0 Å². The highest BCUT2D eigenvalue weighted by Crippen LogP contribution is 2.68. The number of ketones is 1. The highest BCUT2D eigenvalue weighted by atomic mass is 16.6. The summed E-state index contributed by atoms with van der Waals surface area (Å²) < 4.78 is 22.0. The summed E-state index contributed by atoms with van der Waals surface area (Å²) in [5, 5.41) is 23.9. The van der Waals surface area contributed by atoms with Crippen molar-refractivity contribution in [2.75, 3.05) is 7.11 Å². The van der Waals surface area contributed by atoms with Crippen molar-refractivity contribution in [3.8, 4) is 0 Å². The van der Waals surface area contributed by atoms with E-state index in [0.29, 0.717) is 36.0 Å². The summed E-state index contributed by atoms with van der Waals surface area (Å²) in [6.45, 7) is 10.5. The first kappa shape index (κ1) is 30.2. The summed E-state index contributed by atoms with van der Waals surface area (Å²) in [6.07, 6.45) is 3.38. The highest BCUT2D eigenvalue weighted by Gasteiger charge is 2.75. The van der Waals surface area contributed by atoms with Gasteiger partial charge < -0.3 is 28.8 Å². The van der Waals surface area contributed by atoms with Crippen LogP contribution in [0.5, 0.6) is 0 Å². The van der Waals surface area contributed by atoms with Crippen LogP contribution in [-0.4, -0.2) is 58.8 Å². The predicted octanol–water partition coefficient (Wildman–Crippen LogP) is 3.61. The van der Waals surface area contributed by atoms with Crippen molar-refractivity contribution >= 4 is 23.7 Å². The van der Waals surface area contributed by atoms with Gasteiger partial charge in [-0.1, -0.05) is 41.5 Å². The molecule has 2 saturated carbocycles. The number of rotatable bonds is 6. The third-order valence-electron chi connectivity index (χ3n) is 10.7.